The Morgan fingerprint density at radius 3 is 2.59 bits per heavy atom. The normalized spacial score (nSPS) is 10.4. The molecule has 88 valence electrons. The van der Waals surface area contributed by atoms with Gasteiger partial charge in [-0.05, 0) is 48.7 Å². The van der Waals surface area contributed by atoms with Crippen LogP contribution < -0.4 is 4.74 Å². The maximum absolute atomic E-state index is 13.3. The highest BCUT2D eigenvalue weighted by Gasteiger charge is 2.06. The van der Waals surface area contributed by atoms with Crippen LogP contribution in [0.15, 0.2) is 30.3 Å². The molecular weight excluding hydrogens is 217 g/mol. The van der Waals surface area contributed by atoms with Crippen molar-refractivity contribution in [1.82, 2.24) is 4.98 Å². The zero-order valence-corrected chi connectivity index (χ0v) is 10.1. The Labute approximate surface area is 100 Å². The SMILES string of the molecule is COc1cc(-c2cc(F)ccc2C)cc(C)n1. The summed E-state index contributed by atoms with van der Waals surface area (Å²) in [5.74, 6) is 0.308. The molecule has 0 bridgehead atoms. The Hall–Kier alpha value is -1.90. The topological polar surface area (TPSA) is 22.1 Å². The summed E-state index contributed by atoms with van der Waals surface area (Å²) in [6.45, 7) is 3.84. The molecule has 1 aromatic carbocycles. The molecule has 1 aromatic heterocycles. The van der Waals surface area contributed by atoms with Gasteiger partial charge >= 0.3 is 0 Å². The molecule has 0 aliphatic carbocycles. The quantitative estimate of drug-likeness (QED) is 0.789. The standard InChI is InChI=1S/C14H14FNO/c1-9-4-5-12(15)8-13(9)11-6-10(2)16-14(7-11)17-3/h4-8H,1-3H3. The fourth-order valence-corrected chi connectivity index (χ4v) is 1.80. The van der Waals surface area contributed by atoms with E-state index in [-0.39, 0.29) is 5.82 Å². The minimum absolute atomic E-state index is 0.237. The minimum Gasteiger partial charge on any atom is -0.481 e. The number of aromatic nitrogens is 1. The first-order chi connectivity index (χ1) is 8.10. The van der Waals surface area contributed by atoms with E-state index >= 15 is 0 Å². The van der Waals surface area contributed by atoms with Crippen molar-refractivity contribution in [3.8, 4) is 17.0 Å². The predicted molar refractivity (Wildman–Crippen MR) is 65.7 cm³/mol. The smallest absolute Gasteiger partial charge is 0.213 e. The number of hydrogen-bond acceptors (Lipinski definition) is 2. The molecule has 0 fully saturated rings. The third kappa shape index (κ3) is 2.44. The Morgan fingerprint density at radius 1 is 1.12 bits per heavy atom. The molecule has 0 saturated heterocycles. The Morgan fingerprint density at radius 2 is 1.88 bits per heavy atom. The highest BCUT2D eigenvalue weighted by molar-refractivity contribution is 5.68. The van der Waals surface area contributed by atoms with Crippen molar-refractivity contribution in [2.24, 2.45) is 0 Å². The van der Waals surface area contributed by atoms with Gasteiger partial charge in [0.15, 0.2) is 0 Å². The average molecular weight is 231 g/mol. The maximum atomic E-state index is 13.3. The number of benzene rings is 1. The van der Waals surface area contributed by atoms with Crippen LogP contribution in [0.2, 0.25) is 0 Å². The second kappa shape index (κ2) is 4.53. The first kappa shape index (κ1) is 11.6. The van der Waals surface area contributed by atoms with Crippen LogP contribution in [0.1, 0.15) is 11.3 Å². The number of aryl methyl sites for hydroxylation is 2. The summed E-state index contributed by atoms with van der Waals surface area (Å²) in [4.78, 5) is 4.21. The number of ether oxygens (including phenoxy) is 1. The highest BCUT2D eigenvalue weighted by atomic mass is 19.1. The molecule has 0 amide bonds. The van der Waals surface area contributed by atoms with Gasteiger partial charge in [-0.15, -0.1) is 0 Å². The molecule has 17 heavy (non-hydrogen) atoms. The molecular formula is C14H14FNO. The van der Waals surface area contributed by atoms with Crippen molar-refractivity contribution < 1.29 is 9.13 Å². The first-order valence-corrected chi connectivity index (χ1v) is 5.39. The zero-order chi connectivity index (χ0) is 12.4. The van der Waals surface area contributed by atoms with Crippen LogP contribution >= 0.6 is 0 Å². The van der Waals surface area contributed by atoms with E-state index < -0.39 is 0 Å². The van der Waals surface area contributed by atoms with E-state index in [1.54, 1.807) is 13.2 Å². The molecule has 1 heterocycles. The first-order valence-electron chi connectivity index (χ1n) is 5.39. The van der Waals surface area contributed by atoms with E-state index in [0.717, 1.165) is 22.4 Å². The Bertz CT molecular complexity index is 552. The molecule has 0 aliphatic rings. The van der Waals surface area contributed by atoms with Crippen LogP contribution in [0.5, 0.6) is 5.88 Å². The van der Waals surface area contributed by atoms with Crippen molar-refractivity contribution in [3.05, 3.63) is 47.4 Å². The van der Waals surface area contributed by atoms with Crippen molar-refractivity contribution in [3.63, 3.8) is 0 Å². The number of hydrogen-bond donors (Lipinski definition) is 0. The highest BCUT2D eigenvalue weighted by Crippen LogP contribution is 2.27. The third-order valence-electron chi connectivity index (χ3n) is 2.65. The van der Waals surface area contributed by atoms with Gasteiger partial charge < -0.3 is 4.74 Å². The lowest BCUT2D eigenvalue weighted by atomic mass is 10.0. The van der Waals surface area contributed by atoms with Gasteiger partial charge in [-0.3, -0.25) is 0 Å². The average Bonchev–Trinajstić information content (AvgIpc) is 2.31. The van der Waals surface area contributed by atoms with Crippen LogP contribution in [0.4, 0.5) is 4.39 Å². The molecule has 0 N–H and O–H groups in total. The summed E-state index contributed by atoms with van der Waals surface area (Å²) in [6.07, 6.45) is 0. The molecule has 2 aromatic rings. The van der Waals surface area contributed by atoms with Crippen molar-refractivity contribution in [2.45, 2.75) is 13.8 Å². The van der Waals surface area contributed by atoms with E-state index in [1.165, 1.54) is 12.1 Å². The lowest BCUT2D eigenvalue weighted by Crippen LogP contribution is -1.93. The summed E-state index contributed by atoms with van der Waals surface area (Å²) in [5.41, 5.74) is 3.67. The minimum atomic E-state index is -0.237. The molecule has 0 atom stereocenters. The van der Waals surface area contributed by atoms with Crippen LogP contribution in [-0.4, -0.2) is 12.1 Å². The summed E-state index contributed by atoms with van der Waals surface area (Å²) in [7, 11) is 1.57. The monoisotopic (exact) mass is 231 g/mol. The van der Waals surface area contributed by atoms with Crippen molar-refractivity contribution >= 4 is 0 Å². The molecule has 0 spiro atoms. The molecule has 0 saturated carbocycles. The van der Waals surface area contributed by atoms with E-state index in [4.69, 9.17) is 4.74 Å². The van der Waals surface area contributed by atoms with E-state index in [9.17, 15) is 4.39 Å². The van der Waals surface area contributed by atoms with Gasteiger partial charge in [0.05, 0.1) is 7.11 Å². The fourth-order valence-electron chi connectivity index (χ4n) is 1.80. The summed E-state index contributed by atoms with van der Waals surface area (Å²) in [6, 6.07) is 8.50. The van der Waals surface area contributed by atoms with Crippen molar-refractivity contribution in [1.29, 1.82) is 0 Å². The number of halogens is 1. The second-order valence-corrected chi connectivity index (χ2v) is 4.00. The van der Waals surface area contributed by atoms with Gasteiger partial charge in [0, 0.05) is 11.8 Å². The van der Waals surface area contributed by atoms with Crippen LogP contribution in [0.25, 0.3) is 11.1 Å². The summed E-state index contributed by atoms with van der Waals surface area (Å²) < 4.78 is 18.4. The molecule has 0 radical (unpaired) electrons. The van der Waals surface area contributed by atoms with Gasteiger partial charge in [-0.25, -0.2) is 9.37 Å². The number of pyridine rings is 1. The number of rotatable bonds is 2. The van der Waals surface area contributed by atoms with Crippen LogP contribution in [0.3, 0.4) is 0 Å². The van der Waals surface area contributed by atoms with Crippen LogP contribution in [-0.2, 0) is 0 Å². The molecule has 0 unspecified atom stereocenters. The third-order valence-corrected chi connectivity index (χ3v) is 2.65. The van der Waals surface area contributed by atoms with E-state index in [2.05, 4.69) is 4.98 Å². The number of nitrogens with zero attached hydrogens (tertiary/aromatic N) is 1. The van der Waals surface area contributed by atoms with Gasteiger partial charge in [-0.1, -0.05) is 6.07 Å². The van der Waals surface area contributed by atoms with Crippen LogP contribution in [0, 0.1) is 19.7 Å². The maximum Gasteiger partial charge on any atom is 0.213 e. The predicted octanol–water partition coefficient (Wildman–Crippen LogP) is 3.51. The molecule has 3 heteroatoms. The fraction of sp³-hybridized carbons (Fsp3) is 0.214. The van der Waals surface area contributed by atoms with Gasteiger partial charge in [0.1, 0.15) is 5.82 Å². The molecule has 0 aliphatic heterocycles. The second-order valence-electron chi connectivity index (χ2n) is 4.00. The molecule has 2 rings (SSSR count). The number of methoxy groups -OCH3 is 1. The largest absolute Gasteiger partial charge is 0.481 e. The Balaban J connectivity index is 2.59. The molecule has 2 nitrogen and oxygen atoms in total. The van der Waals surface area contributed by atoms with Gasteiger partial charge in [0.2, 0.25) is 5.88 Å². The zero-order valence-electron chi connectivity index (χ0n) is 10.1. The van der Waals surface area contributed by atoms with Gasteiger partial charge in [0.25, 0.3) is 0 Å². The van der Waals surface area contributed by atoms with Crippen molar-refractivity contribution in [2.75, 3.05) is 7.11 Å². The van der Waals surface area contributed by atoms with E-state index in [0.29, 0.717) is 5.88 Å². The summed E-state index contributed by atoms with van der Waals surface area (Å²) in [5, 5.41) is 0. The van der Waals surface area contributed by atoms with E-state index in [1.807, 2.05) is 26.0 Å². The lowest BCUT2D eigenvalue weighted by molar-refractivity contribution is 0.397. The Kier molecular flexibility index (Phi) is 3.09. The lowest BCUT2D eigenvalue weighted by Gasteiger charge is -2.09. The van der Waals surface area contributed by atoms with Gasteiger partial charge in [-0.2, -0.15) is 0 Å². The summed E-state index contributed by atoms with van der Waals surface area (Å²) >= 11 is 0.